The van der Waals surface area contributed by atoms with Crippen molar-refractivity contribution >= 4 is 11.6 Å². The zero-order valence-corrected chi connectivity index (χ0v) is 9.02. The molecule has 0 aromatic heterocycles. The van der Waals surface area contributed by atoms with E-state index in [0.717, 1.165) is 5.01 Å². The average Bonchev–Trinajstić information content (AvgIpc) is 2.42. The molecule has 2 rings (SSSR count). The molecule has 0 saturated heterocycles. The van der Waals surface area contributed by atoms with Gasteiger partial charge in [0.1, 0.15) is 0 Å². The van der Waals surface area contributed by atoms with Crippen molar-refractivity contribution in [3.05, 3.63) is 66.2 Å². The van der Waals surface area contributed by atoms with Crippen molar-refractivity contribution in [2.45, 2.75) is 0 Å². The summed E-state index contributed by atoms with van der Waals surface area (Å²) in [5, 5.41) is 3.97. The Morgan fingerprint density at radius 2 is 1.47 bits per heavy atom. The molecule has 0 unspecified atom stereocenters. The van der Waals surface area contributed by atoms with E-state index >= 15 is 0 Å². The van der Waals surface area contributed by atoms with Crippen LogP contribution in [0.1, 0.15) is 10.4 Å². The van der Waals surface area contributed by atoms with Crippen LogP contribution in [0.25, 0.3) is 0 Å². The lowest BCUT2D eigenvalue weighted by atomic mass is 10.2. The maximum atomic E-state index is 12.0. The zero-order valence-electron chi connectivity index (χ0n) is 9.02. The second-order valence-electron chi connectivity index (χ2n) is 3.41. The molecule has 0 aliphatic rings. The number of para-hydroxylation sites is 1. The van der Waals surface area contributed by atoms with Gasteiger partial charge in [0, 0.05) is 5.56 Å². The van der Waals surface area contributed by atoms with Gasteiger partial charge in [0.15, 0.2) is 0 Å². The van der Waals surface area contributed by atoms with Gasteiger partial charge in [-0.3, -0.25) is 4.79 Å². The maximum absolute atomic E-state index is 12.0. The predicted molar refractivity (Wildman–Crippen MR) is 64.3 cm³/mol. The van der Waals surface area contributed by atoms with Crippen LogP contribution in [0.5, 0.6) is 0 Å². The van der Waals surface area contributed by atoms with Crippen LogP contribution in [0.2, 0.25) is 0 Å². The van der Waals surface area contributed by atoms with Crippen LogP contribution in [0, 0.1) is 0 Å². The van der Waals surface area contributed by atoms with E-state index in [4.69, 9.17) is 5.53 Å². The molecule has 0 bridgehead atoms. The normalized spacial score (nSPS) is 9.65. The molecule has 0 atom stereocenters. The van der Waals surface area contributed by atoms with E-state index in [1.54, 1.807) is 48.5 Å². The summed E-state index contributed by atoms with van der Waals surface area (Å²) in [4.78, 5) is 12.0. The van der Waals surface area contributed by atoms with Gasteiger partial charge in [0.2, 0.25) is 0 Å². The highest BCUT2D eigenvalue weighted by Crippen LogP contribution is 2.16. The third kappa shape index (κ3) is 2.36. The van der Waals surface area contributed by atoms with Crippen LogP contribution in [0.3, 0.4) is 0 Å². The Bertz CT molecular complexity index is 511. The van der Waals surface area contributed by atoms with Crippen molar-refractivity contribution in [1.82, 2.24) is 5.53 Å². The topological polar surface area (TPSA) is 55.0 Å². The van der Waals surface area contributed by atoms with E-state index in [1.807, 2.05) is 12.1 Å². The lowest BCUT2D eigenvalue weighted by Crippen LogP contribution is -2.25. The fraction of sp³-hybridized carbons (Fsp3) is 0. The van der Waals surface area contributed by atoms with E-state index in [0.29, 0.717) is 11.3 Å². The molecule has 0 aliphatic heterocycles. The van der Waals surface area contributed by atoms with Crippen molar-refractivity contribution in [3.63, 3.8) is 0 Å². The van der Waals surface area contributed by atoms with E-state index in [-0.39, 0.29) is 5.91 Å². The number of nitrogens with zero attached hydrogens (tertiary/aromatic N) is 3. The second kappa shape index (κ2) is 5.03. The Morgan fingerprint density at radius 3 is 2.00 bits per heavy atom. The predicted octanol–water partition coefficient (Wildman–Crippen LogP) is 2.50. The standard InChI is InChI=1S/C13H10N3O/c14-15-16(12-9-5-2-6-10-12)13(17)11-7-3-1-4-8-11/h1-10H. The zero-order chi connectivity index (χ0) is 12.1. The summed E-state index contributed by atoms with van der Waals surface area (Å²) in [6.45, 7) is 0. The van der Waals surface area contributed by atoms with Gasteiger partial charge in [0.05, 0.1) is 5.69 Å². The van der Waals surface area contributed by atoms with Crippen molar-refractivity contribution in [3.8, 4) is 0 Å². The molecule has 0 N–H and O–H groups in total. The van der Waals surface area contributed by atoms with Gasteiger partial charge in [-0.1, -0.05) is 36.4 Å². The molecule has 0 saturated carbocycles. The largest absolute Gasteiger partial charge is 0.280 e. The minimum atomic E-state index is -0.376. The Morgan fingerprint density at radius 1 is 0.941 bits per heavy atom. The van der Waals surface area contributed by atoms with Gasteiger partial charge in [-0.15, -0.1) is 0 Å². The molecule has 1 radical (unpaired) electrons. The first-order chi connectivity index (χ1) is 8.33. The summed E-state index contributed by atoms with van der Waals surface area (Å²) in [6.07, 6.45) is 0. The minimum absolute atomic E-state index is 0.376. The van der Waals surface area contributed by atoms with Crippen LogP contribution in [0.15, 0.2) is 65.9 Å². The van der Waals surface area contributed by atoms with Gasteiger partial charge < -0.3 is 0 Å². The number of hydrogen-bond donors (Lipinski definition) is 0. The molecule has 83 valence electrons. The number of amides is 1. The first-order valence-corrected chi connectivity index (χ1v) is 5.12. The van der Waals surface area contributed by atoms with Gasteiger partial charge in [-0.25, -0.2) is 0 Å². The van der Waals surface area contributed by atoms with Crippen molar-refractivity contribution in [2.75, 3.05) is 5.01 Å². The highest BCUT2D eigenvalue weighted by Gasteiger charge is 2.16. The third-order valence-electron chi connectivity index (χ3n) is 2.30. The summed E-state index contributed by atoms with van der Waals surface area (Å²) < 4.78 is 0. The van der Waals surface area contributed by atoms with Crippen LogP contribution >= 0.6 is 0 Å². The van der Waals surface area contributed by atoms with Gasteiger partial charge in [-0.2, -0.15) is 5.01 Å². The molecular weight excluding hydrogens is 214 g/mol. The number of hydrogen-bond acceptors (Lipinski definition) is 2. The summed E-state index contributed by atoms with van der Waals surface area (Å²) in [5.41, 5.74) is 9.93. The molecule has 4 nitrogen and oxygen atoms in total. The summed E-state index contributed by atoms with van der Waals surface area (Å²) in [5.74, 6) is -0.376. The quantitative estimate of drug-likeness (QED) is 0.583. The number of anilines is 1. The van der Waals surface area contributed by atoms with Crippen molar-refractivity contribution in [1.29, 1.82) is 0 Å². The van der Waals surface area contributed by atoms with Crippen molar-refractivity contribution < 1.29 is 4.79 Å². The molecule has 2 aromatic rings. The molecule has 4 heteroatoms. The molecule has 0 heterocycles. The van der Waals surface area contributed by atoms with Crippen LogP contribution in [0.4, 0.5) is 5.69 Å². The molecular formula is C13H10N3O. The molecule has 0 fully saturated rings. The Labute approximate surface area is 99.0 Å². The van der Waals surface area contributed by atoms with Gasteiger partial charge >= 0.3 is 0 Å². The van der Waals surface area contributed by atoms with Gasteiger partial charge in [0.25, 0.3) is 5.91 Å². The number of carbonyl (C=O) groups excluding carboxylic acids is 1. The lowest BCUT2D eigenvalue weighted by molar-refractivity contribution is 0.0986. The average molecular weight is 224 g/mol. The number of rotatable bonds is 3. The molecule has 0 aliphatic carbocycles. The Kier molecular flexibility index (Phi) is 3.25. The number of carbonyl (C=O) groups is 1. The van der Waals surface area contributed by atoms with Crippen LogP contribution in [-0.2, 0) is 0 Å². The molecule has 1 amide bonds. The SMILES string of the molecule is [N]=NN(C(=O)c1ccccc1)c1ccccc1. The third-order valence-corrected chi connectivity index (χ3v) is 2.30. The number of benzene rings is 2. The van der Waals surface area contributed by atoms with E-state index in [2.05, 4.69) is 5.22 Å². The first-order valence-electron chi connectivity index (χ1n) is 5.12. The fourth-order valence-electron chi connectivity index (χ4n) is 1.48. The van der Waals surface area contributed by atoms with E-state index in [9.17, 15) is 4.79 Å². The van der Waals surface area contributed by atoms with Crippen molar-refractivity contribution in [2.24, 2.45) is 5.22 Å². The first kappa shape index (κ1) is 11.0. The summed E-state index contributed by atoms with van der Waals surface area (Å²) >= 11 is 0. The lowest BCUT2D eigenvalue weighted by Gasteiger charge is -2.14. The highest BCUT2D eigenvalue weighted by atomic mass is 16.2. The van der Waals surface area contributed by atoms with E-state index < -0.39 is 0 Å². The molecule has 2 aromatic carbocycles. The summed E-state index contributed by atoms with van der Waals surface area (Å²) in [7, 11) is 0. The second-order valence-corrected chi connectivity index (χ2v) is 3.41. The monoisotopic (exact) mass is 224 g/mol. The molecule has 17 heavy (non-hydrogen) atoms. The Balaban J connectivity index is 2.32. The summed E-state index contributed by atoms with van der Waals surface area (Å²) in [6, 6.07) is 17.4. The Hall–Kier alpha value is -2.49. The highest BCUT2D eigenvalue weighted by molar-refractivity contribution is 6.05. The molecule has 0 spiro atoms. The van der Waals surface area contributed by atoms with Gasteiger partial charge in [-0.05, 0) is 35.0 Å². The maximum Gasteiger partial charge on any atom is 0.280 e. The van der Waals surface area contributed by atoms with Crippen LogP contribution in [-0.4, -0.2) is 5.91 Å². The smallest absolute Gasteiger partial charge is 0.267 e. The minimum Gasteiger partial charge on any atom is -0.267 e. The fourth-order valence-corrected chi connectivity index (χ4v) is 1.48. The van der Waals surface area contributed by atoms with E-state index in [1.165, 1.54) is 0 Å². The van der Waals surface area contributed by atoms with Crippen LogP contribution < -0.4 is 10.5 Å².